The molecule has 2 fully saturated rings. The van der Waals surface area contributed by atoms with Crippen LogP contribution in [-0.2, 0) is 16.2 Å². The van der Waals surface area contributed by atoms with Crippen LogP contribution < -0.4 is 4.74 Å². The van der Waals surface area contributed by atoms with E-state index in [2.05, 4.69) is 39.8 Å². The van der Waals surface area contributed by atoms with Gasteiger partial charge in [0.2, 0.25) is 0 Å². The van der Waals surface area contributed by atoms with E-state index in [1.807, 2.05) is 48.5 Å². The summed E-state index contributed by atoms with van der Waals surface area (Å²) in [5.41, 5.74) is 1.93. The minimum Gasteiger partial charge on any atom is -0.488 e. The van der Waals surface area contributed by atoms with Gasteiger partial charge in [0, 0.05) is 0 Å². The van der Waals surface area contributed by atoms with Crippen molar-refractivity contribution in [2.24, 2.45) is 28.8 Å². The maximum Gasteiger partial charge on any atom is 0.254 e. The van der Waals surface area contributed by atoms with Gasteiger partial charge in [-0.2, -0.15) is 10.1 Å². The van der Waals surface area contributed by atoms with Gasteiger partial charge in [-0.05, 0) is 70.2 Å². The van der Waals surface area contributed by atoms with Crippen molar-refractivity contribution in [2.45, 2.75) is 13.0 Å². The molecule has 0 N–H and O–H groups in total. The van der Waals surface area contributed by atoms with Crippen molar-refractivity contribution in [3.8, 4) is 5.75 Å². The zero-order chi connectivity index (χ0) is 20.0. The smallest absolute Gasteiger partial charge is 0.254 e. The van der Waals surface area contributed by atoms with E-state index in [1.54, 1.807) is 6.21 Å². The molecule has 146 valence electrons. The monoisotopic (exact) mass is 498 g/mol. The minimum atomic E-state index is -0.219. The minimum absolute atomic E-state index is 0.161. The molecule has 5 rings (SSSR count). The topological polar surface area (TPSA) is 59.0 Å². The molecule has 2 aromatic rings. The molecule has 0 unspecified atom stereocenters. The number of hydrazone groups is 1. The number of imide groups is 1. The Hall–Kier alpha value is -2.48. The fourth-order valence-corrected chi connectivity index (χ4v) is 5.27. The summed E-state index contributed by atoms with van der Waals surface area (Å²) in [6, 6.07) is 15.7. The number of rotatable bonds is 5. The molecule has 1 saturated carbocycles. The van der Waals surface area contributed by atoms with Crippen molar-refractivity contribution in [1.82, 2.24) is 5.01 Å². The van der Waals surface area contributed by atoms with E-state index in [1.165, 1.54) is 0 Å². The van der Waals surface area contributed by atoms with Gasteiger partial charge in [-0.3, -0.25) is 9.59 Å². The fourth-order valence-electron chi connectivity index (χ4n) is 4.57. The molecule has 29 heavy (non-hydrogen) atoms. The van der Waals surface area contributed by atoms with Gasteiger partial charge in [0.05, 0.1) is 21.6 Å². The van der Waals surface area contributed by atoms with Crippen molar-refractivity contribution in [3.63, 3.8) is 0 Å². The van der Waals surface area contributed by atoms with Gasteiger partial charge in [0.15, 0.2) is 0 Å². The standard InChI is InChI=1S/C23H19IN2O3/c24-18-10-15(6-9-19(18)29-13-14-4-2-1-3-5-14)12-25-26-22(27)20-16-7-8-17(11-16)21(20)23(26)28/h1-10,12,16-17,20-21H,11,13H2/t16-,17-,20-,21+/m0/s1. The van der Waals surface area contributed by atoms with E-state index >= 15 is 0 Å². The Kier molecular flexibility index (Phi) is 4.73. The van der Waals surface area contributed by atoms with Crippen LogP contribution in [0.5, 0.6) is 5.75 Å². The largest absolute Gasteiger partial charge is 0.488 e. The highest BCUT2D eigenvalue weighted by Crippen LogP contribution is 2.52. The Morgan fingerprint density at radius 2 is 1.72 bits per heavy atom. The van der Waals surface area contributed by atoms with Crippen LogP contribution in [0.1, 0.15) is 17.5 Å². The quantitative estimate of drug-likeness (QED) is 0.271. The zero-order valence-electron chi connectivity index (χ0n) is 15.6. The van der Waals surface area contributed by atoms with Gasteiger partial charge in [0.25, 0.3) is 11.8 Å². The van der Waals surface area contributed by atoms with Crippen molar-refractivity contribution in [3.05, 3.63) is 75.4 Å². The lowest BCUT2D eigenvalue weighted by Gasteiger charge is -2.13. The number of allylic oxidation sites excluding steroid dienone is 2. The number of ether oxygens (including phenoxy) is 1. The number of hydrogen-bond acceptors (Lipinski definition) is 4. The molecule has 2 amide bonds. The summed E-state index contributed by atoms with van der Waals surface area (Å²) < 4.78 is 6.84. The summed E-state index contributed by atoms with van der Waals surface area (Å²) in [6.07, 6.45) is 6.67. The summed E-state index contributed by atoms with van der Waals surface area (Å²) in [6.45, 7) is 0.500. The second-order valence-electron chi connectivity index (χ2n) is 7.70. The normalized spacial score (nSPS) is 27.3. The van der Waals surface area contributed by atoms with Gasteiger partial charge < -0.3 is 4.74 Å². The van der Waals surface area contributed by atoms with Crippen LogP contribution in [0.2, 0.25) is 0 Å². The molecule has 1 heterocycles. The number of amides is 2. The average Bonchev–Trinajstić information content (AvgIpc) is 3.41. The summed E-state index contributed by atoms with van der Waals surface area (Å²) in [5.74, 6) is 0.424. The molecule has 6 heteroatoms. The molecule has 2 aliphatic carbocycles. The third kappa shape index (κ3) is 3.29. The van der Waals surface area contributed by atoms with Gasteiger partial charge >= 0.3 is 0 Å². The molecule has 5 nitrogen and oxygen atoms in total. The van der Waals surface area contributed by atoms with Gasteiger partial charge in [-0.25, -0.2) is 0 Å². The number of halogens is 1. The van der Waals surface area contributed by atoms with E-state index in [0.29, 0.717) is 6.61 Å². The number of carbonyl (C=O) groups excluding carboxylic acids is 2. The number of nitrogens with zero attached hydrogens (tertiary/aromatic N) is 2. The van der Waals surface area contributed by atoms with Gasteiger partial charge in [-0.15, -0.1) is 0 Å². The van der Waals surface area contributed by atoms with Crippen molar-refractivity contribution in [2.75, 3.05) is 0 Å². The van der Waals surface area contributed by atoms with Crippen LogP contribution in [0.4, 0.5) is 0 Å². The van der Waals surface area contributed by atoms with E-state index in [9.17, 15) is 9.59 Å². The van der Waals surface area contributed by atoms with Crippen LogP contribution >= 0.6 is 22.6 Å². The maximum atomic E-state index is 12.7. The van der Waals surface area contributed by atoms with Gasteiger partial charge in [-0.1, -0.05) is 42.5 Å². The first-order chi connectivity index (χ1) is 14.1. The Bertz CT molecular complexity index is 1000. The average molecular weight is 498 g/mol. The Morgan fingerprint density at radius 1 is 1.03 bits per heavy atom. The van der Waals surface area contributed by atoms with Crippen LogP contribution in [0, 0.1) is 27.2 Å². The molecule has 0 aromatic heterocycles. The lowest BCUT2D eigenvalue weighted by atomic mass is 9.85. The highest BCUT2D eigenvalue weighted by molar-refractivity contribution is 14.1. The Labute approximate surface area is 182 Å². The van der Waals surface area contributed by atoms with E-state index < -0.39 is 0 Å². The second-order valence-corrected chi connectivity index (χ2v) is 8.86. The van der Waals surface area contributed by atoms with E-state index in [-0.39, 0.29) is 35.5 Å². The predicted octanol–water partition coefficient (Wildman–Crippen LogP) is 4.01. The third-order valence-corrected chi connectivity index (χ3v) is 6.81. The first-order valence-electron chi connectivity index (χ1n) is 9.68. The predicted molar refractivity (Wildman–Crippen MR) is 117 cm³/mol. The molecular formula is C23H19IN2O3. The van der Waals surface area contributed by atoms with E-state index in [4.69, 9.17) is 4.74 Å². The van der Waals surface area contributed by atoms with Crippen LogP contribution in [0.3, 0.4) is 0 Å². The lowest BCUT2D eigenvalue weighted by Crippen LogP contribution is -2.28. The number of hydrogen-bond donors (Lipinski definition) is 0. The SMILES string of the molecule is O=C1[C@@H]2[C@H](C(=O)N1N=Cc1ccc(OCc3ccccc3)c(I)c1)[C@H]1C=C[C@H]2C1. The highest BCUT2D eigenvalue weighted by atomic mass is 127. The first-order valence-corrected chi connectivity index (χ1v) is 10.8. The molecule has 1 aliphatic heterocycles. The number of benzene rings is 2. The molecule has 2 bridgehead atoms. The molecule has 2 aromatic carbocycles. The lowest BCUT2D eigenvalue weighted by molar-refractivity contribution is -0.140. The molecule has 3 aliphatic rings. The third-order valence-electron chi connectivity index (χ3n) is 5.96. The molecule has 0 radical (unpaired) electrons. The van der Waals surface area contributed by atoms with Crippen LogP contribution in [0.25, 0.3) is 0 Å². The van der Waals surface area contributed by atoms with Crippen LogP contribution in [-0.4, -0.2) is 23.0 Å². The Morgan fingerprint density at radius 3 is 2.38 bits per heavy atom. The second kappa shape index (κ2) is 7.40. The zero-order valence-corrected chi connectivity index (χ0v) is 17.7. The molecule has 1 saturated heterocycles. The summed E-state index contributed by atoms with van der Waals surface area (Å²) in [4.78, 5) is 25.4. The number of fused-ring (bicyclic) bond motifs is 5. The van der Waals surface area contributed by atoms with E-state index in [0.717, 1.165) is 31.9 Å². The van der Waals surface area contributed by atoms with Crippen molar-refractivity contribution < 1.29 is 14.3 Å². The summed E-state index contributed by atoms with van der Waals surface area (Å²) in [5, 5.41) is 5.31. The molecule has 4 atom stereocenters. The summed E-state index contributed by atoms with van der Waals surface area (Å²) >= 11 is 2.22. The van der Waals surface area contributed by atoms with Crippen molar-refractivity contribution >= 4 is 40.6 Å². The van der Waals surface area contributed by atoms with Crippen LogP contribution in [0.15, 0.2) is 65.8 Å². The van der Waals surface area contributed by atoms with Crippen molar-refractivity contribution in [1.29, 1.82) is 0 Å². The fraction of sp³-hybridized carbons (Fsp3) is 0.261. The number of carbonyl (C=O) groups is 2. The Balaban J connectivity index is 1.27. The summed E-state index contributed by atoms with van der Waals surface area (Å²) in [7, 11) is 0. The molecule has 0 spiro atoms. The first kappa shape index (κ1) is 18.5. The van der Waals surface area contributed by atoms with Gasteiger partial charge in [0.1, 0.15) is 12.4 Å². The molecular weight excluding hydrogens is 479 g/mol. The maximum absolute atomic E-state index is 12.7. The highest BCUT2D eigenvalue weighted by Gasteiger charge is 2.59.